The highest BCUT2D eigenvalue weighted by molar-refractivity contribution is 7.14. The van der Waals surface area contributed by atoms with E-state index in [0.717, 1.165) is 42.7 Å². The molecule has 2 aliphatic rings. The molecule has 0 aromatic carbocycles. The van der Waals surface area contributed by atoms with E-state index in [0.29, 0.717) is 13.1 Å². The molecule has 0 radical (unpaired) electrons. The first-order chi connectivity index (χ1) is 12.8. The fourth-order valence-electron chi connectivity index (χ4n) is 3.89. The molecule has 1 fully saturated rings. The van der Waals surface area contributed by atoms with Crippen molar-refractivity contribution in [1.29, 1.82) is 0 Å². The normalized spacial score (nSPS) is 19.8. The first kappa shape index (κ1) is 17.7. The number of aromatic nitrogens is 1. The van der Waals surface area contributed by atoms with Gasteiger partial charge in [0.25, 0.3) is 5.91 Å². The Hall–Kier alpha value is -1.72. The fourth-order valence-corrected chi connectivity index (χ4v) is 5.12. The number of rotatable bonds is 5. The minimum Gasteiger partial charge on any atom is -0.376 e. The second kappa shape index (κ2) is 8.31. The number of fused-ring (bicyclic) bond motifs is 1. The van der Waals surface area contributed by atoms with Gasteiger partial charge < -0.3 is 9.64 Å². The largest absolute Gasteiger partial charge is 0.376 e. The minimum atomic E-state index is 0.141. The van der Waals surface area contributed by atoms with Gasteiger partial charge in [0.2, 0.25) is 0 Å². The molecule has 1 saturated heterocycles. The van der Waals surface area contributed by atoms with Crippen LogP contribution in [0.4, 0.5) is 0 Å². The van der Waals surface area contributed by atoms with Gasteiger partial charge in [-0.15, -0.1) is 11.3 Å². The quantitative estimate of drug-likeness (QED) is 0.740. The SMILES string of the molecule is O=C(c1cc2c(s1)CCCCC2)N(Cc1cccnc1)CC1CCCO1. The fraction of sp³-hybridized carbons (Fsp3) is 0.524. The van der Waals surface area contributed by atoms with E-state index in [1.807, 2.05) is 23.2 Å². The lowest BCUT2D eigenvalue weighted by molar-refractivity contribution is 0.0510. The summed E-state index contributed by atoms with van der Waals surface area (Å²) >= 11 is 1.71. The average Bonchev–Trinajstić information content (AvgIpc) is 3.27. The number of hydrogen-bond donors (Lipinski definition) is 0. The number of nitrogens with zero attached hydrogens (tertiary/aromatic N) is 2. The molecule has 4 nitrogen and oxygen atoms in total. The number of carbonyl (C=O) groups excluding carboxylic acids is 1. The lowest BCUT2D eigenvalue weighted by Gasteiger charge is -2.25. The number of carbonyl (C=O) groups is 1. The molecule has 0 bridgehead atoms. The molecule has 5 heteroatoms. The number of aryl methyl sites for hydroxylation is 2. The maximum absolute atomic E-state index is 13.3. The third-order valence-electron chi connectivity index (χ3n) is 5.29. The highest BCUT2D eigenvalue weighted by atomic mass is 32.1. The smallest absolute Gasteiger partial charge is 0.264 e. The van der Waals surface area contributed by atoms with Gasteiger partial charge in [-0.25, -0.2) is 0 Å². The van der Waals surface area contributed by atoms with Crippen LogP contribution in [0.25, 0.3) is 0 Å². The van der Waals surface area contributed by atoms with Gasteiger partial charge in [-0.1, -0.05) is 12.5 Å². The summed E-state index contributed by atoms with van der Waals surface area (Å²) in [5.74, 6) is 0.141. The van der Waals surface area contributed by atoms with Crippen molar-refractivity contribution in [3.8, 4) is 0 Å². The second-order valence-electron chi connectivity index (χ2n) is 7.30. The van der Waals surface area contributed by atoms with Gasteiger partial charge in [0.05, 0.1) is 11.0 Å². The van der Waals surface area contributed by atoms with Gasteiger partial charge in [-0.2, -0.15) is 0 Å². The molecule has 0 spiro atoms. The van der Waals surface area contributed by atoms with Gasteiger partial charge >= 0.3 is 0 Å². The second-order valence-corrected chi connectivity index (χ2v) is 8.44. The van der Waals surface area contributed by atoms with Gasteiger partial charge in [-0.3, -0.25) is 9.78 Å². The Kier molecular flexibility index (Phi) is 5.65. The van der Waals surface area contributed by atoms with Crippen LogP contribution in [0, 0.1) is 0 Å². The van der Waals surface area contributed by atoms with Crippen LogP contribution in [0.1, 0.15) is 57.8 Å². The van der Waals surface area contributed by atoms with Crippen LogP contribution in [-0.2, 0) is 24.1 Å². The number of pyridine rings is 1. The summed E-state index contributed by atoms with van der Waals surface area (Å²) in [6.45, 7) is 2.07. The van der Waals surface area contributed by atoms with E-state index in [4.69, 9.17) is 4.74 Å². The van der Waals surface area contributed by atoms with Crippen LogP contribution in [-0.4, -0.2) is 35.0 Å². The number of ether oxygens (including phenoxy) is 1. The zero-order valence-electron chi connectivity index (χ0n) is 15.2. The Labute approximate surface area is 159 Å². The van der Waals surface area contributed by atoms with E-state index >= 15 is 0 Å². The summed E-state index contributed by atoms with van der Waals surface area (Å²) in [7, 11) is 0. The number of thiophene rings is 1. The van der Waals surface area contributed by atoms with E-state index in [2.05, 4.69) is 11.1 Å². The molecule has 1 aliphatic heterocycles. The van der Waals surface area contributed by atoms with Crippen molar-refractivity contribution in [2.45, 2.75) is 57.6 Å². The van der Waals surface area contributed by atoms with E-state index in [1.54, 1.807) is 17.5 Å². The highest BCUT2D eigenvalue weighted by Gasteiger charge is 2.26. The van der Waals surface area contributed by atoms with Crippen molar-refractivity contribution in [2.75, 3.05) is 13.2 Å². The minimum absolute atomic E-state index is 0.141. The lowest BCUT2D eigenvalue weighted by atomic mass is 10.1. The summed E-state index contributed by atoms with van der Waals surface area (Å²) < 4.78 is 5.80. The molecule has 1 amide bonds. The van der Waals surface area contributed by atoms with Crippen LogP contribution >= 0.6 is 11.3 Å². The summed E-state index contributed by atoms with van der Waals surface area (Å²) in [5, 5.41) is 0. The Bertz CT molecular complexity index is 714. The summed E-state index contributed by atoms with van der Waals surface area (Å²) in [4.78, 5) is 21.8. The van der Waals surface area contributed by atoms with Crippen LogP contribution in [0.5, 0.6) is 0 Å². The Morgan fingerprint density at radius 1 is 1.27 bits per heavy atom. The monoisotopic (exact) mass is 370 g/mol. The van der Waals surface area contributed by atoms with Crippen LogP contribution in [0.3, 0.4) is 0 Å². The molecule has 1 unspecified atom stereocenters. The van der Waals surface area contributed by atoms with Gasteiger partial charge in [0, 0.05) is 37.0 Å². The van der Waals surface area contributed by atoms with E-state index in [-0.39, 0.29) is 12.0 Å². The van der Waals surface area contributed by atoms with Crippen molar-refractivity contribution in [3.05, 3.63) is 51.5 Å². The van der Waals surface area contributed by atoms with E-state index in [9.17, 15) is 4.79 Å². The molecule has 138 valence electrons. The van der Waals surface area contributed by atoms with E-state index < -0.39 is 0 Å². The predicted molar refractivity (Wildman–Crippen MR) is 104 cm³/mol. The standard InChI is InChI=1S/C21H26N2O2S/c24-21(20-12-17-7-2-1-3-9-19(17)26-20)23(15-18-8-5-11-25-18)14-16-6-4-10-22-13-16/h4,6,10,12-13,18H,1-3,5,7-9,11,14-15H2. The first-order valence-electron chi connectivity index (χ1n) is 9.71. The van der Waals surface area contributed by atoms with E-state index in [1.165, 1.54) is 29.7 Å². The zero-order chi connectivity index (χ0) is 17.8. The van der Waals surface area contributed by atoms with Crippen molar-refractivity contribution in [2.24, 2.45) is 0 Å². The molecule has 26 heavy (non-hydrogen) atoms. The Morgan fingerprint density at radius 3 is 3.00 bits per heavy atom. The topological polar surface area (TPSA) is 42.4 Å². The maximum atomic E-state index is 13.3. The highest BCUT2D eigenvalue weighted by Crippen LogP contribution is 2.30. The van der Waals surface area contributed by atoms with Crippen molar-refractivity contribution in [3.63, 3.8) is 0 Å². The maximum Gasteiger partial charge on any atom is 0.264 e. The molecular weight excluding hydrogens is 344 g/mol. The number of amides is 1. The van der Waals surface area contributed by atoms with Gasteiger partial charge in [0.15, 0.2) is 0 Å². The van der Waals surface area contributed by atoms with Crippen LogP contribution < -0.4 is 0 Å². The summed E-state index contributed by atoms with van der Waals surface area (Å²) in [5.41, 5.74) is 2.46. The van der Waals surface area contributed by atoms with Gasteiger partial charge in [0.1, 0.15) is 0 Å². The summed E-state index contributed by atoms with van der Waals surface area (Å²) in [6, 6.07) is 6.11. The molecule has 4 rings (SSSR count). The van der Waals surface area contributed by atoms with Crippen molar-refractivity contribution >= 4 is 17.2 Å². The average molecular weight is 371 g/mol. The zero-order valence-corrected chi connectivity index (χ0v) is 16.0. The molecule has 2 aromatic heterocycles. The first-order valence-corrected chi connectivity index (χ1v) is 10.5. The van der Waals surface area contributed by atoms with Crippen molar-refractivity contribution < 1.29 is 9.53 Å². The Balaban J connectivity index is 1.54. The molecule has 1 aliphatic carbocycles. The molecule has 0 saturated carbocycles. The van der Waals surface area contributed by atoms with Crippen LogP contribution in [0.2, 0.25) is 0 Å². The molecule has 2 aromatic rings. The summed E-state index contributed by atoms with van der Waals surface area (Å²) in [6.07, 6.45) is 11.9. The molecule has 0 N–H and O–H groups in total. The number of hydrogen-bond acceptors (Lipinski definition) is 4. The van der Waals surface area contributed by atoms with Crippen LogP contribution in [0.15, 0.2) is 30.6 Å². The predicted octanol–water partition coefficient (Wildman–Crippen LogP) is 4.23. The lowest BCUT2D eigenvalue weighted by Crippen LogP contribution is -2.36. The molecular formula is C21H26N2O2S. The molecule has 1 atom stereocenters. The van der Waals surface area contributed by atoms with Gasteiger partial charge in [-0.05, 0) is 61.8 Å². The Morgan fingerprint density at radius 2 is 2.19 bits per heavy atom. The third-order valence-corrected chi connectivity index (χ3v) is 6.51. The molecule has 3 heterocycles. The van der Waals surface area contributed by atoms with Crippen molar-refractivity contribution in [1.82, 2.24) is 9.88 Å². The third kappa shape index (κ3) is 4.15.